The Hall–Kier alpha value is -1.60. The fourth-order valence-corrected chi connectivity index (χ4v) is 2.92. The maximum absolute atomic E-state index is 10.9. The van der Waals surface area contributed by atoms with E-state index in [-0.39, 0.29) is 5.69 Å². The van der Waals surface area contributed by atoms with Gasteiger partial charge in [0.15, 0.2) is 5.03 Å². The normalized spacial score (nSPS) is 10.2. The van der Waals surface area contributed by atoms with Crippen LogP contribution in [-0.2, 0) is 0 Å². The lowest BCUT2D eigenvalue weighted by Crippen LogP contribution is -1.95. The number of methoxy groups -OCH3 is 1. The molecule has 2 aromatic heterocycles. The molecule has 2 rings (SSSR count). The molecule has 0 N–H and O–H groups in total. The van der Waals surface area contributed by atoms with Crippen molar-refractivity contribution >= 4 is 28.8 Å². The topological polar surface area (TPSA) is 65.3 Å². The monoisotopic (exact) mass is 268 g/mol. The van der Waals surface area contributed by atoms with Gasteiger partial charge in [-0.05, 0) is 11.4 Å². The molecule has 0 saturated carbocycles. The summed E-state index contributed by atoms with van der Waals surface area (Å²) in [5.41, 5.74) is -0.0100. The summed E-state index contributed by atoms with van der Waals surface area (Å²) in [5, 5.41) is 13.1. The van der Waals surface area contributed by atoms with E-state index in [1.54, 1.807) is 0 Å². The number of ether oxygens (including phenoxy) is 1. The van der Waals surface area contributed by atoms with Gasteiger partial charge in [0.05, 0.1) is 16.2 Å². The van der Waals surface area contributed by atoms with Crippen LogP contribution in [-0.4, -0.2) is 17.0 Å². The molecule has 0 aliphatic rings. The molecule has 17 heavy (non-hydrogen) atoms. The summed E-state index contributed by atoms with van der Waals surface area (Å²) < 4.78 is 5.92. The second-order valence-electron chi connectivity index (χ2n) is 2.97. The minimum atomic E-state index is -0.442. The summed E-state index contributed by atoms with van der Waals surface area (Å²) in [5.74, 6) is 0.370. The molecule has 0 spiro atoms. The Balaban J connectivity index is 2.38. The summed E-state index contributed by atoms with van der Waals surface area (Å²) in [6.45, 7) is 0. The van der Waals surface area contributed by atoms with E-state index in [4.69, 9.17) is 4.74 Å². The third-order valence-electron chi connectivity index (χ3n) is 1.91. The number of thiophene rings is 1. The maximum Gasteiger partial charge on any atom is 0.302 e. The Morgan fingerprint density at radius 1 is 1.47 bits per heavy atom. The summed E-state index contributed by atoms with van der Waals surface area (Å²) in [6.07, 6.45) is 0. The number of pyridine rings is 1. The average molecular weight is 268 g/mol. The van der Waals surface area contributed by atoms with E-state index in [0.717, 1.165) is 4.21 Å². The highest BCUT2D eigenvalue weighted by atomic mass is 32.2. The van der Waals surface area contributed by atoms with Crippen molar-refractivity contribution in [3.05, 3.63) is 39.8 Å². The van der Waals surface area contributed by atoms with Gasteiger partial charge in [-0.15, -0.1) is 11.3 Å². The highest BCUT2D eigenvalue weighted by Gasteiger charge is 2.17. The van der Waals surface area contributed by atoms with Crippen LogP contribution in [0, 0.1) is 10.1 Å². The van der Waals surface area contributed by atoms with Gasteiger partial charge in [0.25, 0.3) is 0 Å². The minimum absolute atomic E-state index is 0.0100. The Labute approximate surface area is 106 Å². The van der Waals surface area contributed by atoms with Crippen molar-refractivity contribution in [2.45, 2.75) is 9.24 Å². The lowest BCUT2D eigenvalue weighted by atomic mass is 10.4. The Bertz CT molecular complexity index is 528. The fraction of sp³-hybridized carbons (Fsp3) is 0.100. The van der Waals surface area contributed by atoms with Crippen LogP contribution in [0.2, 0.25) is 0 Å². The molecule has 5 nitrogen and oxygen atoms in total. The lowest BCUT2D eigenvalue weighted by molar-refractivity contribution is -0.388. The van der Waals surface area contributed by atoms with Gasteiger partial charge in [0.1, 0.15) is 0 Å². The van der Waals surface area contributed by atoms with Gasteiger partial charge in [-0.3, -0.25) is 10.1 Å². The second kappa shape index (κ2) is 5.15. The molecular formula is C10H8N2O3S2. The van der Waals surface area contributed by atoms with Gasteiger partial charge >= 0.3 is 5.69 Å². The van der Waals surface area contributed by atoms with Crippen molar-refractivity contribution < 1.29 is 9.66 Å². The smallest absolute Gasteiger partial charge is 0.302 e. The average Bonchev–Trinajstić information content (AvgIpc) is 2.81. The van der Waals surface area contributed by atoms with E-state index in [1.165, 1.54) is 42.3 Å². The molecule has 0 saturated heterocycles. The van der Waals surface area contributed by atoms with Crippen molar-refractivity contribution in [1.29, 1.82) is 0 Å². The van der Waals surface area contributed by atoms with E-state index in [9.17, 15) is 10.1 Å². The Morgan fingerprint density at radius 3 is 2.88 bits per heavy atom. The Morgan fingerprint density at radius 2 is 2.29 bits per heavy atom. The zero-order valence-corrected chi connectivity index (χ0v) is 10.5. The van der Waals surface area contributed by atoms with Crippen LogP contribution in [0.5, 0.6) is 5.88 Å². The van der Waals surface area contributed by atoms with Gasteiger partial charge in [-0.1, -0.05) is 17.8 Å². The van der Waals surface area contributed by atoms with Gasteiger partial charge in [0.2, 0.25) is 5.88 Å². The molecule has 2 aromatic rings. The number of hydrogen-bond acceptors (Lipinski definition) is 6. The highest BCUT2D eigenvalue weighted by molar-refractivity contribution is 8.01. The van der Waals surface area contributed by atoms with Crippen LogP contribution < -0.4 is 4.74 Å². The molecule has 88 valence electrons. The number of hydrogen-bond donors (Lipinski definition) is 0. The summed E-state index contributed by atoms with van der Waals surface area (Å²) in [6, 6.07) is 6.66. The number of nitro groups is 1. The van der Waals surface area contributed by atoms with Gasteiger partial charge in [-0.2, -0.15) is 4.98 Å². The molecular weight excluding hydrogens is 260 g/mol. The largest absolute Gasteiger partial charge is 0.481 e. The molecule has 2 heterocycles. The number of rotatable bonds is 4. The number of nitrogens with zero attached hydrogens (tertiary/aromatic N) is 2. The van der Waals surface area contributed by atoms with E-state index >= 15 is 0 Å². The SMILES string of the molecule is COc1ccc([N+](=O)[O-])c(Sc2cccs2)n1. The van der Waals surface area contributed by atoms with Crippen molar-refractivity contribution in [1.82, 2.24) is 4.98 Å². The molecule has 0 unspecified atom stereocenters. The predicted molar refractivity (Wildman–Crippen MR) is 65.9 cm³/mol. The Kier molecular flexibility index (Phi) is 3.60. The predicted octanol–water partition coefficient (Wildman–Crippen LogP) is 3.21. The molecule has 0 aliphatic carbocycles. The molecule has 0 atom stereocenters. The van der Waals surface area contributed by atoms with Crippen LogP contribution in [0.15, 0.2) is 38.9 Å². The summed E-state index contributed by atoms with van der Waals surface area (Å²) in [7, 11) is 1.48. The van der Waals surface area contributed by atoms with Crippen molar-refractivity contribution in [3.8, 4) is 5.88 Å². The zero-order chi connectivity index (χ0) is 12.3. The molecule has 0 aromatic carbocycles. The van der Waals surface area contributed by atoms with Crippen LogP contribution in [0.3, 0.4) is 0 Å². The van der Waals surface area contributed by atoms with Gasteiger partial charge in [0, 0.05) is 12.1 Å². The van der Waals surface area contributed by atoms with Crippen molar-refractivity contribution in [3.63, 3.8) is 0 Å². The lowest BCUT2D eigenvalue weighted by Gasteiger charge is -2.02. The first-order valence-electron chi connectivity index (χ1n) is 4.61. The molecule has 0 aliphatic heterocycles. The first kappa shape index (κ1) is 11.9. The van der Waals surface area contributed by atoms with E-state index in [0.29, 0.717) is 10.9 Å². The quantitative estimate of drug-likeness (QED) is 0.629. The van der Waals surface area contributed by atoms with Crippen LogP contribution in [0.25, 0.3) is 0 Å². The molecule has 0 radical (unpaired) electrons. The molecule has 0 amide bonds. The third kappa shape index (κ3) is 2.75. The van der Waals surface area contributed by atoms with Crippen LogP contribution in [0.4, 0.5) is 5.69 Å². The van der Waals surface area contributed by atoms with Crippen LogP contribution in [0.1, 0.15) is 0 Å². The fourth-order valence-electron chi connectivity index (χ4n) is 1.16. The summed E-state index contributed by atoms with van der Waals surface area (Å²) >= 11 is 2.78. The summed E-state index contributed by atoms with van der Waals surface area (Å²) in [4.78, 5) is 14.5. The highest BCUT2D eigenvalue weighted by Crippen LogP contribution is 2.36. The standard InChI is InChI=1S/C10H8N2O3S2/c1-15-8-5-4-7(12(13)14)10(11-8)17-9-3-2-6-16-9/h2-6H,1H3. The van der Waals surface area contributed by atoms with E-state index in [1.807, 2.05) is 17.5 Å². The van der Waals surface area contributed by atoms with Gasteiger partial charge < -0.3 is 4.74 Å². The number of aromatic nitrogens is 1. The molecule has 7 heteroatoms. The first-order chi connectivity index (χ1) is 8.20. The van der Waals surface area contributed by atoms with Crippen molar-refractivity contribution in [2.75, 3.05) is 7.11 Å². The van der Waals surface area contributed by atoms with E-state index < -0.39 is 4.92 Å². The van der Waals surface area contributed by atoms with E-state index in [2.05, 4.69) is 4.98 Å². The molecule has 0 bridgehead atoms. The maximum atomic E-state index is 10.9. The first-order valence-corrected chi connectivity index (χ1v) is 6.31. The van der Waals surface area contributed by atoms with Gasteiger partial charge in [-0.25, -0.2) is 0 Å². The van der Waals surface area contributed by atoms with Crippen LogP contribution >= 0.6 is 23.1 Å². The zero-order valence-electron chi connectivity index (χ0n) is 8.82. The molecule has 0 fully saturated rings. The van der Waals surface area contributed by atoms with Crippen molar-refractivity contribution in [2.24, 2.45) is 0 Å². The minimum Gasteiger partial charge on any atom is -0.481 e. The second-order valence-corrected chi connectivity index (χ2v) is 5.21. The third-order valence-corrected chi connectivity index (χ3v) is 3.94.